The Hall–Kier alpha value is -2.50. The Morgan fingerprint density at radius 3 is 2.46 bits per heavy atom. The molecule has 1 fully saturated rings. The largest absolute Gasteiger partial charge is 0.497 e. The van der Waals surface area contributed by atoms with Crippen LogP contribution < -0.4 is 9.64 Å². The highest BCUT2D eigenvalue weighted by Gasteiger charge is 2.36. The van der Waals surface area contributed by atoms with Gasteiger partial charge in [0.1, 0.15) is 11.4 Å². The number of hydrogen-bond donors (Lipinski definition) is 1. The van der Waals surface area contributed by atoms with Gasteiger partial charge in [-0.15, -0.1) is 0 Å². The van der Waals surface area contributed by atoms with Crippen molar-refractivity contribution in [2.45, 2.75) is 39.2 Å². The lowest BCUT2D eigenvalue weighted by atomic mass is 9.97. The van der Waals surface area contributed by atoms with Gasteiger partial charge in [0, 0.05) is 31.0 Å². The fourth-order valence-corrected chi connectivity index (χ4v) is 3.47. The Labute approximate surface area is 155 Å². The molecule has 0 spiro atoms. The first-order valence-electron chi connectivity index (χ1n) is 9.08. The first-order valence-corrected chi connectivity index (χ1v) is 9.08. The van der Waals surface area contributed by atoms with Gasteiger partial charge >= 0.3 is 0 Å². The van der Waals surface area contributed by atoms with Crippen molar-refractivity contribution in [1.29, 1.82) is 0 Å². The van der Waals surface area contributed by atoms with Gasteiger partial charge in [-0.1, -0.05) is 13.8 Å². The van der Waals surface area contributed by atoms with Crippen molar-refractivity contribution in [3.05, 3.63) is 41.7 Å². The molecule has 1 saturated heterocycles. The zero-order valence-electron chi connectivity index (χ0n) is 16.2. The van der Waals surface area contributed by atoms with E-state index < -0.39 is 0 Å². The molecule has 1 aliphatic heterocycles. The summed E-state index contributed by atoms with van der Waals surface area (Å²) in [6.07, 6.45) is 0. The number of hydrogen-bond acceptors (Lipinski definition) is 4. The van der Waals surface area contributed by atoms with Crippen LogP contribution >= 0.6 is 0 Å². The van der Waals surface area contributed by atoms with Gasteiger partial charge in [0.2, 0.25) is 0 Å². The monoisotopic (exact) mass is 356 g/mol. The second-order valence-corrected chi connectivity index (χ2v) is 7.75. The predicted octanol–water partition coefficient (Wildman–Crippen LogP) is 3.28. The number of aromatic amines is 1. The number of piperazine rings is 1. The summed E-state index contributed by atoms with van der Waals surface area (Å²) in [6, 6.07) is 9.96. The molecule has 140 valence electrons. The molecule has 0 unspecified atom stereocenters. The fraction of sp³-hybridized carbons (Fsp3) is 0.500. The Balaban J connectivity index is 1.73. The highest BCUT2D eigenvalue weighted by Crippen LogP contribution is 2.30. The van der Waals surface area contributed by atoms with Crippen LogP contribution in [0.25, 0.3) is 0 Å². The molecule has 6 heteroatoms. The SMILES string of the molecule is COc1ccc(N2CCN(C(=O)c3cc(C(C)C)[nH]n3)CC2(C)C)cc1. The van der Waals surface area contributed by atoms with Crippen molar-refractivity contribution in [1.82, 2.24) is 15.1 Å². The van der Waals surface area contributed by atoms with E-state index in [4.69, 9.17) is 4.74 Å². The van der Waals surface area contributed by atoms with Crippen molar-refractivity contribution in [2.75, 3.05) is 31.6 Å². The van der Waals surface area contributed by atoms with Crippen LogP contribution in [0.3, 0.4) is 0 Å². The minimum absolute atomic E-state index is 0.00407. The van der Waals surface area contributed by atoms with Gasteiger partial charge in [0.05, 0.1) is 12.6 Å². The van der Waals surface area contributed by atoms with Gasteiger partial charge in [0.25, 0.3) is 5.91 Å². The van der Waals surface area contributed by atoms with E-state index in [0.29, 0.717) is 24.7 Å². The molecule has 1 amide bonds. The van der Waals surface area contributed by atoms with Crippen molar-refractivity contribution in [2.24, 2.45) is 0 Å². The molecule has 3 rings (SSSR count). The Bertz CT molecular complexity index is 764. The quantitative estimate of drug-likeness (QED) is 0.913. The number of ether oxygens (including phenoxy) is 1. The number of H-pyrrole nitrogens is 1. The number of anilines is 1. The lowest BCUT2D eigenvalue weighted by molar-refractivity contribution is 0.0680. The van der Waals surface area contributed by atoms with Crippen LogP contribution in [-0.4, -0.2) is 53.3 Å². The summed E-state index contributed by atoms with van der Waals surface area (Å²) in [5.74, 6) is 1.17. The highest BCUT2D eigenvalue weighted by atomic mass is 16.5. The van der Waals surface area contributed by atoms with E-state index in [0.717, 1.165) is 23.7 Å². The number of amides is 1. The van der Waals surface area contributed by atoms with Gasteiger partial charge in [-0.3, -0.25) is 9.89 Å². The molecule has 26 heavy (non-hydrogen) atoms. The molecule has 0 atom stereocenters. The summed E-state index contributed by atoms with van der Waals surface area (Å²) in [7, 11) is 1.67. The summed E-state index contributed by atoms with van der Waals surface area (Å²) >= 11 is 0. The average molecular weight is 356 g/mol. The van der Waals surface area contributed by atoms with Gasteiger partial charge in [-0.25, -0.2) is 0 Å². The Kier molecular flexibility index (Phi) is 4.94. The molecule has 0 aliphatic carbocycles. The van der Waals surface area contributed by atoms with Crippen molar-refractivity contribution >= 4 is 11.6 Å². The number of aromatic nitrogens is 2. The van der Waals surface area contributed by atoms with Gasteiger partial charge in [-0.05, 0) is 50.1 Å². The number of nitrogens with zero attached hydrogens (tertiary/aromatic N) is 3. The van der Waals surface area contributed by atoms with E-state index in [9.17, 15) is 4.79 Å². The summed E-state index contributed by atoms with van der Waals surface area (Å²) in [4.78, 5) is 17.1. The predicted molar refractivity (Wildman–Crippen MR) is 103 cm³/mol. The molecular weight excluding hydrogens is 328 g/mol. The Morgan fingerprint density at radius 1 is 1.23 bits per heavy atom. The van der Waals surface area contributed by atoms with E-state index in [1.54, 1.807) is 7.11 Å². The molecule has 1 aromatic heterocycles. The third-order valence-corrected chi connectivity index (χ3v) is 5.01. The van der Waals surface area contributed by atoms with Crippen LogP contribution in [0.15, 0.2) is 30.3 Å². The topological polar surface area (TPSA) is 61.5 Å². The molecule has 1 aliphatic rings. The lowest BCUT2D eigenvalue weighted by Gasteiger charge is -2.48. The summed E-state index contributed by atoms with van der Waals surface area (Å²) in [6.45, 7) is 10.6. The van der Waals surface area contributed by atoms with Gasteiger partial charge in [0.15, 0.2) is 0 Å². The molecule has 6 nitrogen and oxygen atoms in total. The first kappa shape index (κ1) is 18.3. The van der Waals surface area contributed by atoms with Gasteiger partial charge < -0.3 is 14.5 Å². The van der Waals surface area contributed by atoms with E-state index in [1.807, 2.05) is 23.1 Å². The second kappa shape index (κ2) is 7.02. The Morgan fingerprint density at radius 2 is 1.92 bits per heavy atom. The van der Waals surface area contributed by atoms with Gasteiger partial charge in [-0.2, -0.15) is 5.10 Å². The second-order valence-electron chi connectivity index (χ2n) is 7.75. The van der Waals surface area contributed by atoms with Crippen LogP contribution in [0.4, 0.5) is 5.69 Å². The molecule has 2 heterocycles. The maximum absolute atomic E-state index is 12.9. The minimum Gasteiger partial charge on any atom is -0.497 e. The van der Waals surface area contributed by atoms with Crippen LogP contribution in [0, 0.1) is 0 Å². The number of rotatable bonds is 4. The summed E-state index contributed by atoms with van der Waals surface area (Å²) in [5, 5.41) is 7.18. The number of carbonyl (C=O) groups is 1. The van der Waals surface area contributed by atoms with Crippen molar-refractivity contribution in [3.63, 3.8) is 0 Å². The van der Waals surface area contributed by atoms with Crippen molar-refractivity contribution in [3.8, 4) is 5.75 Å². The minimum atomic E-state index is -0.167. The molecule has 2 aromatic rings. The molecule has 1 aromatic carbocycles. The molecule has 1 N–H and O–H groups in total. The van der Waals surface area contributed by atoms with E-state index in [-0.39, 0.29) is 11.4 Å². The standard InChI is InChI=1S/C20H28N4O2/c1-14(2)17-12-18(22-21-17)19(25)23-10-11-24(20(3,4)13-23)15-6-8-16(26-5)9-7-15/h6-9,12,14H,10-11,13H2,1-5H3,(H,21,22). The lowest BCUT2D eigenvalue weighted by Crippen LogP contribution is -2.60. The van der Waals surface area contributed by atoms with Crippen LogP contribution in [-0.2, 0) is 0 Å². The van der Waals surface area contributed by atoms with Crippen molar-refractivity contribution < 1.29 is 9.53 Å². The first-order chi connectivity index (χ1) is 12.3. The fourth-order valence-electron chi connectivity index (χ4n) is 3.47. The summed E-state index contributed by atoms with van der Waals surface area (Å²) in [5.41, 5.74) is 2.47. The molecule has 0 saturated carbocycles. The van der Waals surface area contributed by atoms with E-state index >= 15 is 0 Å². The molecule has 0 bridgehead atoms. The molecule has 0 radical (unpaired) electrons. The van der Waals surface area contributed by atoms with E-state index in [1.165, 1.54) is 0 Å². The van der Waals surface area contributed by atoms with Crippen LogP contribution in [0.1, 0.15) is 49.8 Å². The number of nitrogens with one attached hydrogen (secondary N) is 1. The third kappa shape index (κ3) is 3.54. The third-order valence-electron chi connectivity index (χ3n) is 5.01. The summed E-state index contributed by atoms with van der Waals surface area (Å²) < 4.78 is 5.24. The highest BCUT2D eigenvalue weighted by molar-refractivity contribution is 5.92. The molecular formula is C20H28N4O2. The van der Waals surface area contributed by atoms with Crippen LogP contribution in [0.5, 0.6) is 5.75 Å². The maximum Gasteiger partial charge on any atom is 0.274 e. The normalized spacial score (nSPS) is 16.8. The maximum atomic E-state index is 12.9. The zero-order chi connectivity index (χ0) is 18.9. The zero-order valence-corrected chi connectivity index (χ0v) is 16.2. The number of carbonyl (C=O) groups excluding carboxylic acids is 1. The smallest absolute Gasteiger partial charge is 0.274 e. The van der Waals surface area contributed by atoms with E-state index in [2.05, 4.69) is 54.9 Å². The number of benzene rings is 1. The number of methoxy groups -OCH3 is 1. The van der Waals surface area contributed by atoms with Crippen LogP contribution in [0.2, 0.25) is 0 Å². The average Bonchev–Trinajstić information content (AvgIpc) is 3.11.